The molecule has 3 N–H and O–H groups in total. The van der Waals surface area contributed by atoms with Crippen LogP contribution < -0.4 is 11.3 Å². The Morgan fingerprint density at radius 1 is 1.59 bits per heavy atom. The predicted octanol–water partition coefficient (Wildman–Crippen LogP) is 2.38. The topological polar surface area (TPSA) is 50.9 Å². The highest BCUT2D eigenvalue weighted by Crippen LogP contribution is 2.41. The van der Waals surface area contributed by atoms with Crippen LogP contribution in [0.5, 0.6) is 0 Å². The molecular formula is C14H23N3. The number of hydrogen-bond acceptors (Lipinski definition) is 3. The quantitative estimate of drug-likeness (QED) is 0.620. The Bertz CT molecular complexity index is 387. The normalized spacial score (nSPS) is 21.3. The summed E-state index contributed by atoms with van der Waals surface area (Å²) in [5.74, 6) is 6.24. The van der Waals surface area contributed by atoms with Crippen LogP contribution in [0.1, 0.15) is 50.8 Å². The second-order valence-electron chi connectivity index (χ2n) is 5.68. The fourth-order valence-corrected chi connectivity index (χ4v) is 2.87. The van der Waals surface area contributed by atoms with Gasteiger partial charge in [0.05, 0.1) is 0 Å². The van der Waals surface area contributed by atoms with Crippen LogP contribution >= 0.6 is 0 Å². The molecule has 0 spiro atoms. The van der Waals surface area contributed by atoms with Gasteiger partial charge in [-0.25, -0.2) is 0 Å². The van der Waals surface area contributed by atoms with Gasteiger partial charge >= 0.3 is 0 Å². The Balaban J connectivity index is 2.29. The third-order valence-electron chi connectivity index (χ3n) is 4.34. The van der Waals surface area contributed by atoms with E-state index in [1.54, 1.807) is 0 Å². The highest BCUT2D eigenvalue weighted by atomic mass is 15.2. The molecule has 1 aliphatic rings. The number of fused-ring (bicyclic) bond motifs is 1. The van der Waals surface area contributed by atoms with Gasteiger partial charge in [-0.3, -0.25) is 16.3 Å². The summed E-state index contributed by atoms with van der Waals surface area (Å²) >= 11 is 0. The first-order valence-corrected chi connectivity index (χ1v) is 6.50. The van der Waals surface area contributed by atoms with Crippen LogP contribution in [0.2, 0.25) is 0 Å². The van der Waals surface area contributed by atoms with E-state index in [0.717, 1.165) is 19.3 Å². The standard InChI is InChI=1S/C14H23N3/c1-4-14(2,3)13(17-15)11-8-7-10-6-5-9-16-12(10)11/h5-6,9,11,13,17H,4,7-8,15H2,1-3H3. The fourth-order valence-electron chi connectivity index (χ4n) is 2.87. The fraction of sp³-hybridized carbons (Fsp3) is 0.643. The van der Waals surface area contributed by atoms with Crippen molar-refractivity contribution in [1.29, 1.82) is 0 Å². The largest absolute Gasteiger partial charge is 0.271 e. The number of hydrogen-bond donors (Lipinski definition) is 2. The second-order valence-corrected chi connectivity index (χ2v) is 5.68. The maximum Gasteiger partial charge on any atom is 0.0482 e. The number of hydrazine groups is 1. The molecule has 0 aliphatic heterocycles. The summed E-state index contributed by atoms with van der Waals surface area (Å²) in [6.07, 6.45) is 5.29. The molecule has 1 heterocycles. The van der Waals surface area contributed by atoms with Gasteiger partial charge < -0.3 is 0 Å². The number of aryl methyl sites for hydroxylation is 1. The van der Waals surface area contributed by atoms with Gasteiger partial charge in [-0.05, 0) is 36.3 Å². The van der Waals surface area contributed by atoms with Crippen molar-refractivity contribution in [2.45, 2.75) is 52.0 Å². The van der Waals surface area contributed by atoms with E-state index in [1.165, 1.54) is 11.3 Å². The van der Waals surface area contributed by atoms with Gasteiger partial charge in [-0.1, -0.05) is 26.8 Å². The van der Waals surface area contributed by atoms with Crippen molar-refractivity contribution in [2.75, 3.05) is 0 Å². The van der Waals surface area contributed by atoms with Gasteiger partial charge in [0, 0.05) is 23.9 Å². The third-order valence-corrected chi connectivity index (χ3v) is 4.34. The molecule has 0 fully saturated rings. The summed E-state index contributed by atoms with van der Waals surface area (Å²) in [7, 11) is 0. The number of nitrogens with zero attached hydrogens (tertiary/aromatic N) is 1. The average Bonchev–Trinajstić information content (AvgIpc) is 2.74. The molecule has 0 amide bonds. The van der Waals surface area contributed by atoms with Gasteiger partial charge in [0.15, 0.2) is 0 Å². The zero-order chi connectivity index (χ0) is 12.5. The molecule has 2 unspecified atom stereocenters. The lowest BCUT2D eigenvalue weighted by molar-refractivity contribution is 0.199. The summed E-state index contributed by atoms with van der Waals surface area (Å²) < 4.78 is 0. The average molecular weight is 233 g/mol. The van der Waals surface area contributed by atoms with Crippen molar-refractivity contribution in [3.63, 3.8) is 0 Å². The van der Waals surface area contributed by atoms with Crippen molar-refractivity contribution >= 4 is 0 Å². The predicted molar refractivity (Wildman–Crippen MR) is 70.5 cm³/mol. The molecule has 1 aliphatic carbocycles. The van der Waals surface area contributed by atoms with Crippen molar-refractivity contribution in [3.05, 3.63) is 29.6 Å². The van der Waals surface area contributed by atoms with E-state index in [1.807, 2.05) is 12.3 Å². The summed E-state index contributed by atoms with van der Waals surface area (Å²) in [5, 5.41) is 0. The molecule has 2 atom stereocenters. The first kappa shape index (κ1) is 12.5. The Hall–Kier alpha value is -0.930. The molecule has 1 aromatic rings. The maximum absolute atomic E-state index is 5.79. The minimum absolute atomic E-state index is 0.193. The number of rotatable bonds is 4. The van der Waals surface area contributed by atoms with E-state index in [0.29, 0.717) is 12.0 Å². The number of aromatic nitrogens is 1. The van der Waals surface area contributed by atoms with Gasteiger partial charge in [-0.2, -0.15) is 0 Å². The first-order valence-electron chi connectivity index (χ1n) is 6.50. The van der Waals surface area contributed by atoms with E-state index in [2.05, 4.69) is 37.2 Å². The lowest BCUT2D eigenvalue weighted by atomic mass is 9.75. The molecular weight excluding hydrogens is 210 g/mol. The van der Waals surface area contributed by atoms with E-state index in [-0.39, 0.29) is 5.41 Å². The van der Waals surface area contributed by atoms with Crippen LogP contribution in [0.15, 0.2) is 18.3 Å². The first-order chi connectivity index (χ1) is 8.10. The monoisotopic (exact) mass is 233 g/mol. The lowest BCUT2D eigenvalue weighted by Gasteiger charge is -2.37. The highest BCUT2D eigenvalue weighted by Gasteiger charge is 2.38. The van der Waals surface area contributed by atoms with Gasteiger partial charge in [-0.15, -0.1) is 0 Å². The molecule has 94 valence electrons. The van der Waals surface area contributed by atoms with Crippen molar-refractivity contribution in [1.82, 2.24) is 10.4 Å². The van der Waals surface area contributed by atoms with Crippen LogP contribution in [0.4, 0.5) is 0 Å². The Morgan fingerprint density at radius 3 is 3.00 bits per heavy atom. The van der Waals surface area contributed by atoms with Crippen LogP contribution in [-0.2, 0) is 6.42 Å². The Kier molecular flexibility index (Phi) is 3.50. The van der Waals surface area contributed by atoms with E-state index in [4.69, 9.17) is 5.84 Å². The van der Waals surface area contributed by atoms with E-state index < -0.39 is 0 Å². The minimum atomic E-state index is 0.193. The molecule has 0 saturated carbocycles. The molecule has 0 saturated heterocycles. The molecule has 3 heteroatoms. The Morgan fingerprint density at radius 2 is 2.35 bits per heavy atom. The van der Waals surface area contributed by atoms with Gasteiger partial charge in [0.2, 0.25) is 0 Å². The molecule has 17 heavy (non-hydrogen) atoms. The maximum atomic E-state index is 5.79. The zero-order valence-electron chi connectivity index (χ0n) is 11.0. The smallest absolute Gasteiger partial charge is 0.0482 e. The van der Waals surface area contributed by atoms with Crippen LogP contribution in [0.25, 0.3) is 0 Å². The number of nitrogens with two attached hydrogens (primary N) is 1. The van der Waals surface area contributed by atoms with Crippen LogP contribution in [0.3, 0.4) is 0 Å². The molecule has 0 radical (unpaired) electrons. The van der Waals surface area contributed by atoms with Gasteiger partial charge in [0.25, 0.3) is 0 Å². The van der Waals surface area contributed by atoms with Crippen molar-refractivity contribution in [2.24, 2.45) is 11.3 Å². The second kappa shape index (κ2) is 4.75. The summed E-state index contributed by atoms with van der Waals surface area (Å²) in [5.41, 5.74) is 5.87. The number of nitrogens with one attached hydrogen (secondary N) is 1. The zero-order valence-corrected chi connectivity index (χ0v) is 11.0. The molecule has 0 aromatic carbocycles. The lowest BCUT2D eigenvalue weighted by Crippen LogP contribution is -2.49. The van der Waals surface area contributed by atoms with E-state index in [9.17, 15) is 0 Å². The number of pyridine rings is 1. The van der Waals surface area contributed by atoms with Crippen LogP contribution in [0, 0.1) is 5.41 Å². The van der Waals surface area contributed by atoms with E-state index >= 15 is 0 Å². The third kappa shape index (κ3) is 2.22. The Labute approximate surface area is 104 Å². The molecule has 1 aromatic heterocycles. The minimum Gasteiger partial charge on any atom is -0.271 e. The highest BCUT2D eigenvalue weighted by molar-refractivity contribution is 5.30. The molecule has 2 rings (SSSR count). The summed E-state index contributed by atoms with van der Waals surface area (Å²) in [6.45, 7) is 6.77. The molecule has 0 bridgehead atoms. The van der Waals surface area contributed by atoms with Crippen molar-refractivity contribution in [3.8, 4) is 0 Å². The SMILES string of the molecule is CCC(C)(C)C(NN)C1CCc2cccnc21. The summed E-state index contributed by atoms with van der Waals surface area (Å²) in [4.78, 5) is 4.56. The summed E-state index contributed by atoms with van der Waals surface area (Å²) in [6, 6.07) is 4.51. The van der Waals surface area contributed by atoms with Crippen molar-refractivity contribution < 1.29 is 0 Å². The molecule has 3 nitrogen and oxygen atoms in total. The van der Waals surface area contributed by atoms with Crippen LogP contribution in [-0.4, -0.2) is 11.0 Å². The van der Waals surface area contributed by atoms with Gasteiger partial charge in [0.1, 0.15) is 0 Å².